The summed E-state index contributed by atoms with van der Waals surface area (Å²) in [7, 11) is 0. The summed E-state index contributed by atoms with van der Waals surface area (Å²) in [5.74, 6) is -1.88. The molecule has 0 heterocycles. The molecule has 0 atom stereocenters. The van der Waals surface area contributed by atoms with Crippen LogP contribution < -0.4 is 10.2 Å². The van der Waals surface area contributed by atoms with E-state index >= 15 is 0 Å². The molecule has 0 bridgehead atoms. The summed E-state index contributed by atoms with van der Waals surface area (Å²) in [5.41, 5.74) is 1.82. The first kappa shape index (κ1) is 19.7. The van der Waals surface area contributed by atoms with E-state index in [4.69, 9.17) is 0 Å². The molecule has 0 saturated carbocycles. The highest BCUT2D eigenvalue weighted by atomic mass is 35.5. The van der Waals surface area contributed by atoms with Crippen molar-refractivity contribution in [1.29, 1.82) is 0 Å². The summed E-state index contributed by atoms with van der Waals surface area (Å²) in [5, 5.41) is 20.9. The van der Waals surface area contributed by atoms with E-state index in [0.29, 0.717) is 5.69 Å². The summed E-state index contributed by atoms with van der Waals surface area (Å²) >= 11 is 0. The van der Waals surface area contributed by atoms with Gasteiger partial charge >= 0.3 is 0 Å². The summed E-state index contributed by atoms with van der Waals surface area (Å²) in [4.78, 5) is 2.22. The minimum absolute atomic E-state index is 0. The standard InChI is InChI=1S/C12H20N2O2.2ClH/c1-4-14(5-2)11-8-6-10(7-9-11)13-12(3,15)16;;/h6-9,13,15-16H,4-5H2,1-3H3;2*1H. The number of hydrogen-bond donors (Lipinski definition) is 3. The first-order chi connectivity index (χ1) is 7.46. The van der Waals surface area contributed by atoms with Gasteiger partial charge in [0.15, 0.2) is 0 Å². The van der Waals surface area contributed by atoms with Crippen molar-refractivity contribution in [3.05, 3.63) is 24.3 Å². The molecule has 6 heteroatoms. The summed E-state index contributed by atoms with van der Waals surface area (Å²) < 4.78 is 0. The molecule has 1 aromatic rings. The highest BCUT2D eigenvalue weighted by Crippen LogP contribution is 2.19. The molecule has 106 valence electrons. The molecule has 0 fully saturated rings. The van der Waals surface area contributed by atoms with Crippen LogP contribution in [0.25, 0.3) is 0 Å². The lowest BCUT2D eigenvalue weighted by Crippen LogP contribution is -2.33. The molecule has 0 aliphatic carbocycles. The Hall–Kier alpha value is -0.680. The second kappa shape index (κ2) is 8.43. The van der Waals surface area contributed by atoms with E-state index in [9.17, 15) is 10.2 Å². The summed E-state index contributed by atoms with van der Waals surface area (Å²) in [6.07, 6.45) is 0. The highest BCUT2D eigenvalue weighted by molar-refractivity contribution is 5.85. The van der Waals surface area contributed by atoms with Gasteiger partial charge in [0.1, 0.15) is 0 Å². The third kappa shape index (κ3) is 6.31. The van der Waals surface area contributed by atoms with Crippen LogP contribution in [0.15, 0.2) is 24.3 Å². The van der Waals surface area contributed by atoms with Gasteiger partial charge in [0, 0.05) is 31.4 Å². The van der Waals surface area contributed by atoms with Crippen molar-refractivity contribution in [3.63, 3.8) is 0 Å². The first-order valence-electron chi connectivity index (χ1n) is 5.54. The Morgan fingerprint density at radius 1 is 1.06 bits per heavy atom. The molecule has 0 radical (unpaired) electrons. The van der Waals surface area contributed by atoms with Gasteiger partial charge in [-0.2, -0.15) is 0 Å². The second-order valence-electron chi connectivity index (χ2n) is 3.86. The second-order valence-corrected chi connectivity index (χ2v) is 3.86. The Morgan fingerprint density at radius 3 is 1.83 bits per heavy atom. The molecule has 0 aliphatic rings. The smallest absolute Gasteiger partial charge is 0.241 e. The summed E-state index contributed by atoms with van der Waals surface area (Å²) in [6.45, 7) is 7.41. The van der Waals surface area contributed by atoms with Crippen LogP contribution in [0.1, 0.15) is 20.8 Å². The molecule has 0 unspecified atom stereocenters. The molecule has 0 aromatic heterocycles. The molecule has 1 aromatic carbocycles. The van der Waals surface area contributed by atoms with Crippen molar-refractivity contribution in [2.24, 2.45) is 0 Å². The lowest BCUT2D eigenvalue weighted by atomic mass is 10.2. The van der Waals surface area contributed by atoms with Gasteiger partial charge in [-0.25, -0.2) is 0 Å². The number of anilines is 2. The average molecular weight is 297 g/mol. The largest absolute Gasteiger partial charge is 0.372 e. The molecule has 4 nitrogen and oxygen atoms in total. The fraction of sp³-hybridized carbons (Fsp3) is 0.500. The summed E-state index contributed by atoms with van der Waals surface area (Å²) in [6, 6.07) is 7.58. The molecular weight excluding hydrogens is 275 g/mol. The fourth-order valence-electron chi connectivity index (χ4n) is 1.62. The van der Waals surface area contributed by atoms with E-state index in [1.165, 1.54) is 6.92 Å². The molecule has 0 saturated heterocycles. The van der Waals surface area contributed by atoms with Crippen molar-refractivity contribution in [2.75, 3.05) is 23.3 Å². The van der Waals surface area contributed by atoms with Crippen molar-refractivity contribution >= 4 is 36.2 Å². The van der Waals surface area contributed by atoms with Gasteiger partial charge in [-0.3, -0.25) is 0 Å². The van der Waals surface area contributed by atoms with Gasteiger partial charge in [0.05, 0.1) is 0 Å². The minimum Gasteiger partial charge on any atom is -0.372 e. The molecule has 3 N–H and O–H groups in total. The van der Waals surface area contributed by atoms with Crippen molar-refractivity contribution in [1.82, 2.24) is 0 Å². The lowest BCUT2D eigenvalue weighted by molar-refractivity contribution is -0.118. The van der Waals surface area contributed by atoms with Gasteiger partial charge in [-0.1, -0.05) is 0 Å². The van der Waals surface area contributed by atoms with Crippen LogP contribution >= 0.6 is 24.8 Å². The van der Waals surface area contributed by atoms with Crippen molar-refractivity contribution in [3.8, 4) is 0 Å². The van der Waals surface area contributed by atoms with E-state index in [2.05, 4.69) is 24.1 Å². The molecule has 1 rings (SSSR count). The Labute approximate surface area is 121 Å². The number of hydrogen-bond acceptors (Lipinski definition) is 4. The topological polar surface area (TPSA) is 55.7 Å². The predicted octanol–water partition coefficient (Wildman–Crippen LogP) is 2.45. The van der Waals surface area contributed by atoms with E-state index in [1.54, 1.807) is 0 Å². The zero-order valence-corrected chi connectivity index (χ0v) is 12.5. The van der Waals surface area contributed by atoms with Gasteiger partial charge in [-0.05, 0) is 38.1 Å². The molecule has 0 aliphatic heterocycles. The van der Waals surface area contributed by atoms with E-state index < -0.39 is 5.91 Å². The Bertz CT molecular complexity index is 322. The van der Waals surface area contributed by atoms with Gasteiger partial charge in [0.2, 0.25) is 5.91 Å². The lowest BCUT2D eigenvalue weighted by Gasteiger charge is -2.22. The quantitative estimate of drug-likeness (QED) is 0.731. The maximum atomic E-state index is 9.18. The number of aliphatic hydroxyl groups is 2. The molecule has 18 heavy (non-hydrogen) atoms. The van der Waals surface area contributed by atoms with Crippen LogP contribution in [0.4, 0.5) is 11.4 Å². The number of benzene rings is 1. The van der Waals surface area contributed by atoms with Gasteiger partial charge < -0.3 is 20.4 Å². The number of nitrogens with one attached hydrogen (secondary N) is 1. The van der Waals surface area contributed by atoms with Crippen LogP contribution in [-0.2, 0) is 0 Å². The fourth-order valence-corrected chi connectivity index (χ4v) is 1.62. The van der Waals surface area contributed by atoms with Crippen LogP contribution in [0, 0.1) is 0 Å². The molecule has 0 spiro atoms. The molecule has 0 amide bonds. The minimum atomic E-state index is -1.88. The number of nitrogens with zero attached hydrogens (tertiary/aromatic N) is 1. The SMILES string of the molecule is CCN(CC)c1ccc(NC(C)(O)O)cc1.Cl.Cl. The van der Waals surface area contributed by atoms with Gasteiger partial charge in [0.25, 0.3) is 0 Å². The van der Waals surface area contributed by atoms with Crippen LogP contribution in [0.3, 0.4) is 0 Å². The average Bonchev–Trinajstić information content (AvgIpc) is 2.20. The normalized spacial score (nSPS) is 10.1. The van der Waals surface area contributed by atoms with E-state index in [1.807, 2.05) is 24.3 Å². The van der Waals surface area contributed by atoms with E-state index in [-0.39, 0.29) is 24.8 Å². The van der Waals surface area contributed by atoms with E-state index in [0.717, 1.165) is 18.8 Å². The Kier molecular flexibility index (Phi) is 9.20. The number of halogens is 2. The maximum absolute atomic E-state index is 9.18. The third-order valence-corrected chi connectivity index (χ3v) is 2.38. The number of rotatable bonds is 5. The monoisotopic (exact) mass is 296 g/mol. The van der Waals surface area contributed by atoms with Crippen LogP contribution in [0.2, 0.25) is 0 Å². The molecular formula is C12H22Cl2N2O2. The maximum Gasteiger partial charge on any atom is 0.241 e. The zero-order valence-electron chi connectivity index (χ0n) is 10.9. The van der Waals surface area contributed by atoms with Crippen LogP contribution in [0.5, 0.6) is 0 Å². The Balaban J connectivity index is 0. The van der Waals surface area contributed by atoms with Gasteiger partial charge in [-0.15, -0.1) is 24.8 Å². The van der Waals surface area contributed by atoms with Crippen molar-refractivity contribution in [2.45, 2.75) is 26.7 Å². The van der Waals surface area contributed by atoms with Crippen LogP contribution in [-0.4, -0.2) is 29.2 Å². The first-order valence-corrected chi connectivity index (χ1v) is 5.54. The predicted molar refractivity (Wildman–Crippen MR) is 81.0 cm³/mol. The highest BCUT2D eigenvalue weighted by Gasteiger charge is 2.13. The van der Waals surface area contributed by atoms with Crippen molar-refractivity contribution < 1.29 is 10.2 Å². The zero-order chi connectivity index (χ0) is 12.2. The third-order valence-electron chi connectivity index (χ3n) is 2.38. The Morgan fingerprint density at radius 2 is 1.50 bits per heavy atom.